The highest BCUT2D eigenvalue weighted by Crippen LogP contribution is 2.36. The van der Waals surface area contributed by atoms with Crippen LogP contribution in [0.4, 0.5) is 13.2 Å². The summed E-state index contributed by atoms with van der Waals surface area (Å²) < 4.78 is 55.2. The van der Waals surface area contributed by atoms with Gasteiger partial charge in [-0.1, -0.05) is 6.07 Å². The minimum Gasteiger partial charge on any atom is -0.462 e. The third-order valence-corrected chi connectivity index (χ3v) is 4.35. The zero-order chi connectivity index (χ0) is 17.5. The van der Waals surface area contributed by atoms with Crippen molar-refractivity contribution in [3.8, 4) is 5.88 Å². The van der Waals surface area contributed by atoms with Crippen molar-refractivity contribution in [2.75, 3.05) is 6.67 Å². The molecule has 1 fully saturated rings. The van der Waals surface area contributed by atoms with Crippen molar-refractivity contribution in [1.29, 1.82) is 0 Å². The molecule has 23 heavy (non-hydrogen) atoms. The number of aromatic nitrogens is 1. The lowest BCUT2D eigenvalue weighted by atomic mass is 9.80. The zero-order valence-electron chi connectivity index (χ0n) is 13.9. The van der Waals surface area contributed by atoms with E-state index in [0.717, 1.165) is 6.92 Å². The Balaban J connectivity index is 2.12. The first kappa shape index (κ1) is 18.1. The molecule has 1 atom stereocenters. The van der Waals surface area contributed by atoms with Crippen LogP contribution in [0.25, 0.3) is 0 Å². The molecule has 0 spiro atoms. The van der Waals surface area contributed by atoms with Crippen molar-refractivity contribution in [3.05, 3.63) is 18.3 Å². The molecule has 2 heterocycles. The van der Waals surface area contributed by atoms with Gasteiger partial charge in [0.15, 0.2) is 5.60 Å². The number of alkyl halides is 3. The standard InChI is InChI=1S/C15H21BF3NO3/c1-13(2)14(3,4)23-16(22-13)10-6-7-11(20-8-10)21-15(5,9-17)12(18)19/h6-8,12H,9H2,1-5H3. The first-order valence-electron chi connectivity index (χ1n) is 7.35. The predicted molar refractivity (Wildman–Crippen MR) is 81.0 cm³/mol. The van der Waals surface area contributed by atoms with E-state index in [9.17, 15) is 13.2 Å². The van der Waals surface area contributed by atoms with E-state index in [1.807, 2.05) is 27.7 Å². The average molecular weight is 331 g/mol. The van der Waals surface area contributed by atoms with E-state index in [0.29, 0.717) is 5.46 Å². The van der Waals surface area contributed by atoms with Crippen molar-refractivity contribution in [3.63, 3.8) is 0 Å². The number of halogens is 3. The monoisotopic (exact) mass is 331 g/mol. The Morgan fingerprint density at radius 3 is 2.17 bits per heavy atom. The van der Waals surface area contributed by atoms with E-state index in [-0.39, 0.29) is 5.88 Å². The van der Waals surface area contributed by atoms with Crippen molar-refractivity contribution in [2.45, 2.75) is 57.8 Å². The average Bonchev–Trinajstić information content (AvgIpc) is 2.68. The number of rotatable bonds is 5. The fourth-order valence-corrected chi connectivity index (χ4v) is 1.94. The second-order valence-corrected chi connectivity index (χ2v) is 6.87. The molecular weight excluding hydrogens is 310 g/mol. The topological polar surface area (TPSA) is 40.6 Å². The van der Waals surface area contributed by atoms with E-state index >= 15 is 0 Å². The van der Waals surface area contributed by atoms with E-state index in [1.54, 1.807) is 6.07 Å². The second-order valence-electron chi connectivity index (χ2n) is 6.87. The Labute approximate surface area is 134 Å². The van der Waals surface area contributed by atoms with Crippen LogP contribution >= 0.6 is 0 Å². The Kier molecular flexibility index (Phi) is 4.70. The number of ether oxygens (including phenoxy) is 1. The summed E-state index contributed by atoms with van der Waals surface area (Å²) in [7, 11) is -0.607. The zero-order valence-corrected chi connectivity index (χ0v) is 13.9. The normalized spacial score (nSPS) is 22.2. The minimum absolute atomic E-state index is 0.0780. The highest BCUT2D eigenvalue weighted by Gasteiger charge is 2.51. The molecule has 8 heteroatoms. The first-order valence-corrected chi connectivity index (χ1v) is 7.35. The van der Waals surface area contributed by atoms with Gasteiger partial charge in [0.2, 0.25) is 5.88 Å². The van der Waals surface area contributed by atoms with Crippen LogP contribution in [0.3, 0.4) is 0 Å². The number of hydrogen-bond donors (Lipinski definition) is 0. The van der Waals surface area contributed by atoms with Crippen LogP contribution in [0.5, 0.6) is 5.88 Å². The summed E-state index contributed by atoms with van der Waals surface area (Å²) >= 11 is 0. The van der Waals surface area contributed by atoms with Gasteiger partial charge in [0.1, 0.15) is 6.67 Å². The lowest BCUT2D eigenvalue weighted by Gasteiger charge is -2.32. The van der Waals surface area contributed by atoms with E-state index < -0.39 is 37.0 Å². The molecular formula is C15H21BF3NO3. The van der Waals surface area contributed by atoms with Gasteiger partial charge in [-0.3, -0.25) is 0 Å². The Morgan fingerprint density at radius 2 is 1.78 bits per heavy atom. The molecule has 0 radical (unpaired) electrons. The minimum atomic E-state index is -2.96. The van der Waals surface area contributed by atoms with Crippen molar-refractivity contribution < 1.29 is 27.2 Å². The van der Waals surface area contributed by atoms with Crippen LogP contribution in [0.15, 0.2) is 18.3 Å². The Hall–Kier alpha value is -1.28. The Morgan fingerprint density at radius 1 is 1.22 bits per heavy atom. The molecule has 1 saturated heterocycles. The summed E-state index contributed by atoms with van der Waals surface area (Å²) in [5.41, 5.74) is -2.56. The van der Waals surface area contributed by atoms with Crippen molar-refractivity contribution >= 4 is 12.6 Å². The van der Waals surface area contributed by atoms with Gasteiger partial charge in [-0.15, -0.1) is 0 Å². The molecule has 0 bridgehead atoms. The fourth-order valence-electron chi connectivity index (χ4n) is 1.94. The summed E-state index contributed by atoms with van der Waals surface area (Å²) in [5.74, 6) is -0.0780. The van der Waals surface area contributed by atoms with Crippen LogP contribution in [0.2, 0.25) is 0 Å². The molecule has 0 saturated carbocycles. The molecule has 128 valence electrons. The first-order chi connectivity index (χ1) is 10.5. The summed E-state index contributed by atoms with van der Waals surface area (Å²) in [6.45, 7) is 7.38. The number of hydrogen-bond acceptors (Lipinski definition) is 4. The quantitative estimate of drug-likeness (QED) is 0.778. The molecule has 1 aliphatic heterocycles. The van der Waals surface area contributed by atoms with Gasteiger partial charge >= 0.3 is 7.12 Å². The fraction of sp³-hybridized carbons (Fsp3) is 0.667. The van der Waals surface area contributed by atoms with E-state index in [4.69, 9.17) is 14.0 Å². The van der Waals surface area contributed by atoms with Crippen LogP contribution < -0.4 is 10.2 Å². The molecule has 1 unspecified atom stereocenters. The molecule has 0 amide bonds. The molecule has 1 aromatic heterocycles. The smallest absolute Gasteiger partial charge is 0.462 e. The maximum absolute atomic E-state index is 12.8. The van der Waals surface area contributed by atoms with Crippen LogP contribution in [-0.4, -0.2) is 42.0 Å². The molecule has 1 aliphatic rings. The lowest BCUT2D eigenvalue weighted by molar-refractivity contribution is -0.0786. The molecule has 2 rings (SSSR count). The highest BCUT2D eigenvalue weighted by atomic mass is 19.3. The third kappa shape index (κ3) is 3.48. The van der Waals surface area contributed by atoms with Gasteiger partial charge in [0.05, 0.1) is 11.2 Å². The summed E-state index contributed by atoms with van der Waals surface area (Å²) in [5, 5.41) is 0. The number of nitrogens with zero attached hydrogens (tertiary/aromatic N) is 1. The molecule has 1 aromatic rings. The Bertz CT molecular complexity index is 537. The van der Waals surface area contributed by atoms with Gasteiger partial charge in [-0.05, 0) is 40.7 Å². The lowest BCUT2D eigenvalue weighted by Crippen LogP contribution is -2.43. The summed E-state index contributed by atoms with van der Waals surface area (Å²) in [4.78, 5) is 3.95. The van der Waals surface area contributed by atoms with Gasteiger partial charge in [0.25, 0.3) is 6.43 Å². The predicted octanol–water partition coefficient (Wildman–Crippen LogP) is 2.75. The third-order valence-electron chi connectivity index (χ3n) is 4.35. The van der Waals surface area contributed by atoms with Crippen molar-refractivity contribution in [2.24, 2.45) is 0 Å². The van der Waals surface area contributed by atoms with E-state index in [2.05, 4.69) is 4.98 Å². The largest absolute Gasteiger partial charge is 0.496 e. The molecule has 0 aliphatic carbocycles. The summed E-state index contributed by atoms with van der Waals surface area (Å²) in [6, 6.07) is 3.01. The van der Waals surface area contributed by atoms with Crippen LogP contribution in [0, 0.1) is 0 Å². The maximum atomic E-state index is 12.8. The van der Waals surface area contributed by atoms with E-state index in [1.165, 1.54) is 12.3 Å². The molecule has 0 aromatic carbocycles. The molecule has 4 nitrogen and oxygen atoms in total. The van der Waals surface area contributed by atoms with Gasteiger partial charge in [-0.2, -0.15) is 0 Å². The van der Waals surface area contributed by atoms with Crippen molar-refractivity contribution in [1.82, 2.24) is 4.98 Å². The SMILES string of the molecule is CC(CF)(Oc1ccc(B2OC(C)(C)C(C)(C)O2)cn1)C(F)F. The maximum Gasteiger partial charge on any atom is 0.496 e. The number of pyridine rings is 1. The van der Waals surface area contributed by atoms with Gasteiger partial charge < -0.3 is 14.0 Å². The van der Waals surface area contributed by atoms with Gasteiger partial charge in [0, 0.05) is 11.7 Å². The highest BCUT2D eigenvalue weighted by molar-refractivity contribution is 6.62. The molecule has 0 N–H and O–H groups in total. The second kappa shape index (κ2) is 5.98. The van der Waals surface area contributed by atoms with Gasteiger partial charge in [-0.25, -0.2) is 18.2 Å². The summed E-state index contributed by atoms with van der Waals surface area (Å²) in [6.07, 6.45) is -1.54. The van der Waals surface area contributed by atoms with Crippen LogP contribution in [-0.2, 0) is 9.31 Å². The van der Waals surface area contributed by atoms with Crippen LogP contribution in [0.1, 0.15) is 34.6 Å².